The van der Waals surface area contributed by atoms with Crippen LogP contribution in [0.2, 0.25) is 0 Å². The summed E-state index contributed by atoms with van der Waals surface area (Å²) >= 11 is 0. The molecule has 0 heterocycles. The molecule has 2 aliphatic carbocycles. The lowest BCUT2D eigenvalue weighted by atomic mass is 9.67. The number of amides is 1. The van der Waals surface area contributed by atoms with E-state index >= 15 is 0 Å². The SMILES string of the molecule is CCC1(CNC(=NC)NCCCNC(=O)C2CCC2)CCC1. The van der Waals surface area contributed by atoms with E-state index in [0.717, 1.165) is 44.9 Å². The summed E-state index contributed by atoms with van der Waals surface area (Å²) in [6, 6.07) is 0. The molecule has 2 rings (SSSR count). The van der Waals surface area contributed by atoms with Crippen molar-refractivity contribution in [3.8, 4) is 0 Å². The minimum Gasteiger partial charge on any atom is -0.356 e. The zero-order valence-corrected chi connectivity index (χ0v) is 14.2. The van der Waals surface area contributed by atoms with E-state index in [0.29, 0.717) is 5.41 Å². The molecule has 3 N–H and O–H groups in total. The van der Waals surface area contributed by atoms with Crippen LogP contribution >= 0.6 is 0 Å². The summed E-state index contributed by atoms with van der Waals surface area (Å²) in [7, 11) is 1.81. The van der Waals surface area contributed by atoms with Crippen LogP contribution in [-0.4, -0.2) is 38.5 Å². The number of hydrogen-bond donors (Lipinski definition) is 3. The zero-order chi connectivity index (χ0) is 15.8. The number of nitrogens with zero attached hydrogens (tertiary/aromatic N) is 1. The van der Waals surface area contributed by atoms with Crippen molar-refractivity contribution in [1.29, 1.82) is 0 Å². The standard InChI is InChI=1S/C17H32N4O/c1-3-17(9-5-10-17)13-21-16(18-2)20-12-6-11-19-15(22)14-7-4-8-14/h14H,3-13H2,1-2H3,(H,19,22)(H2,18,20,21). The Balaban J connectivity index is 1.53. The van der Waals surface area contributed by atoms with Crippen LogP contribution < -0.4 is 16.0 Å². The molecule has 0 bridgehead atoms. The van der Waals surface area contributed by atoms with Crippen molar-refractivity contribution in [2.75, 3.05) is 26.7 Å². The second kappa shape index (κ2) is 8.39. The first-order valence-corrected chi connectivity index (χ1v) is 8.91. The fourth-order valence-corrected chi connectivity index (χ4v) is 3.15. The van der Waals surface area contributed by atoms with Crippen LogP contribution in [0.3, 0.4) is 0 Å². The van der Waals surface area contributed by atoms with Gasteiger partial charge in [0.25, 0.3) is 0 Å². The van der Waals surface area contributed by atoms with E-state index in [9.17, 15) is 4.79 Å². The first kappa shape index (κ1) is 17.1. The van der Waals surface area contributed by atoms with Crippen LogP contribution in [0.5, 0.6) is 0 Å². The molecular formula is C17H32N4O. The van der Waals surface area contributed by atoms with Crippen molar-refractivity contribution in [2.24, 2.45) is 16.3 Å². The van der Waals surface area contributed by atoms with Gasteiger partial charge in [-0.2, -0.15) is 0 Å². The number of nitrogens with one attached hydrogen (secondary N) is 3. The van der Waals surface area contributed by atoms with Crippen LogP contribution in [0.1, 0.15) is 58.3 Å². The third kappa shape index (κ3) is 4.62. The summed E-state index contributed by atoms with van der Waals surface area (Å²) < 4.78 is 0. The molecule has 126 valence electrons. The van der Waals surface area contributed by atoms with Gasteiger partial charge in [0.1, 0.15) is 0 Å². The van der Waals surface area contributed by atoms with Crippen LogP contribution in [0.25, 0.3) is 0 Å². The quantitative estimate of drug-likeness (QED) is 0.365. The average Bonchev–Trinajstić information content (AvgIpc) is 2.42. The maximum Gasteiger partial charge on any atom is 0.223 e. The number of hydrogen-bond acceptors (Lipinski definition) is 2. The summed E-state index contributed by atoms with van der Waals surface area (Å²) in [6.45, 7) is 4.88. The highest BCUT2D eigenvalue weighted by Gasteiger charge is 2.34. The van der Waals surface area contributed by atoms with E-state index in [2.05, 4.69) is 27.9 Å². The molecule has 2 aliphatic rings. The predicted molar refractivity (Wildman–Crippen MR) is 90.9 cm³/mol. The van der Waals surface area contributed by atoms with E-state index in [4.69, 9.17) is 0 Å². The molecule has 0 unspecified atom stereocenters. The molecule has 2 saturated carbocycles. The fraction of sp³-hybridized carbons (Fsp3) is 0.882. The molecule has 0 aromatic carbocycles. The van der Waals surface area contributed by atoms with Crippen LogP contribution in [0.4, 0.5) is 0 Å². The molecule has 0 radical (unpaired) electrons. The zero-order valence-electron chi connectivity index (χ0n) is 14.2. The Morgan fingerprint density at radius 1 is 1.14 bits per heavy atom. The van der Waals surface area contributed by atoms with Gasteiger partial charge in [-0.1, -0.05) is 19.8 Å². The molecule has 5 nitrogen and oxygen atoms in total. The molecule has 1 amide bonds. The van der Waals surface area contributed by atoms with Crippen molar-refractivity contribution in [3.05, 3.63) is 0 Å². The number of carbonyl (C=O) groups is 1. The molecule has 0 aromatic heterocycles. The molecule has 0 aliphatic heterocycles. The molecule has 5 heteroatoms. The van der Waals surface area contributed by atoms with Gasteiger partial charge in [-0.15, -0.1) is 0 Å². The van der Waals surface area contributed by atoms with Gasteiger partial charge in [-0.05, 0) is 43.9 Å². The van der Waals surface area contributed by atoms with E-state index in [1.54, 1.807) is 0 Å². The van der Waals surface area contributed by atoms with Crippen molar-refractivity contribution >= 4 is 11.9 Å². The molecule has 0 saturated heterocycles. The second-order valence-corrected chi connectivity index (χ2v) is 6.83. The van der Waals surface area contributed by atoms with Gasteiger partial charge < -0.3 is 16.0 Å². The third-order valence-corrected chi connectivity index (χ3v) is 5.44. The van der Waals surface area contributed by atoms with Gasteiger partial charge in [-0.25, -0.2) is 0 Å². The molecule has 2 fully saturated rings. The molecule has 0 aromatic rings. The lowest BCUT2D eigenvalue weighted by Gasteiger charge is -2.41. The smallest absolute Gasteiger partial charge is 0.223 e. The van der Waals surface area contributed by atoms with Crippen molar-refractivity contribution in [2.45, 2.75) is 58.3 Å². The topological polar surface area (TPSA) is 65.5 Å². The lowest BCUT2D eigenvalue weighted by Crippen LogP contribution is -2.46. The van der Waals surface area contributed by atoms with Gasteiger partial charge >= 0.3 is 0 Å². The Bertz CT molecular complexity index is 381. The second-order valence-electron chi connectivity index (χ2n) is 6.83. The number of rotatable bonds is 8. The van der Waals surface area contributed by atoms with E-state index < -0.39 is 0 Å². The van der Waals surface area contributed by atoms with Crippen molar-refractivity contribution in [1.82, 2.24) is 16.0 Å². The highest BCUT2D eigenvalue weighted by atomic mass is 16.1. The summed E-state index contributed by atoms with van der Waals surface area (Å²) in [5.41, 5.74) is 0.494. The number of carbonyl (C=O) groups excluding carboxylic acids is 1. The predicted octanol–water partition coefficient (Wildman–Crippen LogP) is 2.04. The normalized spacial score (nSPS) is 20.7. The summed E-state index contributed by atoms with van der Waals surface area (Å²) in [5, 5.41) is 9.80. The molecule has 0 spiro atoms. The van der Waals surface area contributed by atoms with Gasteiger partial charge in [0.05, 0.1) is 0 Å². The van der Waals surface area contributed by atoms with E-state index in [1.807, 2.05) is 7.05 Å². The van der Waals surface area contributed by atoms with Gasteiger partial charge in [0, 0.05) is 32.6 Å². The Morgan fingerprint density at radius 3 is 2.36 bits per heavy atom. The third-order valence-electron chi connectivity index (χ3n) is 5.44. The Hall–Kier alpha value is -1.26. The number of guanidine groups is 1. The van der Waals surface area contributed by atoms with E-state index in [1.165, 1.54) is 32.1 Å². The summed E-state index contributed by atoms with van der Waals surface area (Å²) in [6.07, 6.45) is 9.55. The minimum absolute atomic E-state index is 0.239. The first-order valence-electron chi connectivity index (χ1n) is 8.91. The maximum atomic E-state index is 11.7. The Morgan fingerprint density at radius 2 is 1.86 bits per heavy atom. The Labute approximate surface area is 134 Å². The monoisotopic (exact) mass is 308 g/mol. The molecule has 22 heavy (non-hydrogen) atoms. The number of aliphatic imine (C=N–C) groups is 1. The van der Waals surface area contributed by atoms with Crippen LogP contribution in [0.15, 0.2) is 4.99 Å². The Kier molecular flexibility index (Phi) is 6.52. The van der Waals surface area contributed by atoms with Crippen LogP contribution in [0, 0.1) is 11.3 Å². The fourth-order valence-electron chi connectivity index (χ4n) is 3.15. The highest BCUT2D eigenvalue weighted by Crippen LogP contribution is 2.42. The minimum atomic E-state index is 0.239. The van der Waals surface area contributed by atoms with Crippen molar-refractivity contribution in [3.63, 3.8) is 0 Å². The van der Waals surface area contributed by atoms with Crippen molar-refractivity contribution < 1.29 is 4.79 Å². The maximum absolute atomic E-state index is 11.7. The van der Waals surface area contributed by atoms with Gasteiger partial charge in [0.2, 0.25) is 5.91 Å². The largest absolute Gasteiger partial charge is 0.356 e. The average molecular weight is 308 g/mol. The highest BCUT2D eigenvalue weighted by molar-refractivity contribution is 5.80. The van der Waals surface area contributed by atoms with Crippen LogP contribution in [-0.2, 0) is 4.79 Å². The summed E-state index contributed by atoms with van der Waals surface area (Å²) in [5.74, 6) is 1.41. The molecular weight excluding hydrogens is 276 g/mol. The summed E-state index contributed by atoms with van der Waals surface area (Å²) in [4.78, 5) is 16.0. The molecule has 0 atom stereocenters. The van der Waals surface area contributed by atoms with Gasteiger partial charge in [-0.3, -0.25) is 9.79 Å². The lowest BCUT2D eigenvalue weighted by molar-refractivity contribution is -0.127. The van der Waals surface area contributed by atoms with E-state index in [-0.39, 0.29) is 11.8 Å². The first-order chi connectivity index (χ1) is 10.7. The van der Waals surface area contributed by atoms with Gasteiger partial charge in [0.15, 0.2) is 5.96 Å².